The maximum atomic E-state index is 15.3. The van der Waals surface area contributed by atoms with E-state index >= 15 is 4.39 Å². The number of nitrogens with one attached hydrogen (secondary N) is 1. The van der Waals surface area contributed by atoms with Crippen molar-refractivity contribution in [3.05, 3.63) is 77.2 Å². The number of piperidine rings is 1. The zero-order valence-corrected chi connectivity index (χ0v) is 21.4. The number of allylic oxidation sites excluding steroid dienone is 2. The van der Waals surface area contributed by atoms with Crippen LogP contribution in [0, 0.1) is 5.82 Å². The first-order valence-electron chi connectivity index (χ1n) is 12.8. The summed E-state index contributed by atoms with van der Waals surface area (Å²) < 4.78 is 23.2. The minimum absolute atomic E-state index is 0.0807. The number of ether oxygens (including phenoxy) is 1. The number of aliphatic imine (C=N–C) groups is 1. The van der Waals surface area contributed by atoms with Crippen molar-refractivity contribution in [3.8, 4) is 11.8 Å². The quantitative estimate of drug-likeness (QED) is 0.490. The Morgan fingerprint density at radius 3 is 2.82 bits per heavy atom. The number of amidine groups is 1. The van der Waals surface area contributed by atoms with Gasteiger partial charge in [-0.1, -0.05) is 29.9 Å². The summed E-state index contributed by atoms with van der Waals surface area (Å²) in [5.74, 6) is 1.68. The number of hydrogen-bond acceptors (Lipinski definition) is 8. The molecule has 194 valence electrons. The molecule has 0 atom stereocenters. The van der Waals surface area contributed by atoms with Crippen molar-refractivity contribution in [3.63, 3.8) is 0 Å². The fourth-order valence-corrected chi connectivity index (χ4v) is 5.11. The second kappa shape index (κ2) is 10.2. The van der Waals surface area contributed by atoms with Gasteiger partial charge >= 0.3 is 6.01 Å². The second-order valence-corrected chi connectivity index (χ2v) is 9.75. The van der Waals surface area contributed by atoms with Crippen LogP contribution in [0.25, 0.3) is 6.08 Å². The highest BCUT2D eigenvalue weighted by molar-refractivity contribution is 6.05. The lowest BCUT2D eigenvalue weighted by Crippen LogP contribution is -2.35. The number of benzene rings is 1. The lowest BCUT2D eigenvalue weighted by molar-refractivity contribution is 0.363. The standard InChI is InChI=1S/C28H29FN8O/c1-3-4-19-13-24(31-15-19)33-25-14-26(36-9-7-21(8-10-36)37-17-30-16-32-37)35-28(34-25)38-23-6-5-20-11-18(2)12-22(20)27(23)29/h3-6,12-14,16-17,21H,7-11,15H2,1-2H3,(H,31,33,34,35)/b4-3+. The van der Waals surface area contributed by atoms with E-state index in [1.54, 1.807) is 18.7 Å². The predicted molar refractivity (Wildman–Crippen MR) is 145 cm³/mol. The second-order valence-electron chi connectivity index (χ2n) is 9.75. The van der Waals surface area contributed by atoms with Crippen molar-refractivity contribution >= 4 is 23.5 Å². The summed E-state index contributed by atoms with van der Waals surface area (Å²) in [5, 5.41) is 7.58. The van der Waals surface area contributed by atoms with Crippen molar-refractivity contribution in [1.29, 1.82) is 0 Å². The van der Waals surface area contributed by atoms with Gasteiger partial charge in [0, 0.05) is 24.7 Å². The van der Waals surface area contributed by atoms with Crippen LogP contribution in [-0.2, 0) is 6.42 Å². The number of aromatic nitrogens is 5. The molecule has 0 saturated carbocycles. The van der Waals surface area contributed by atoms with Crippen molar-refractivity contribution in [2.24, 2.45) is 4.99 Å². The van der Waals surface area contributed by atoms with Gasteiger partial charge < -0.3 is 15.0 Å². The van der Waals surface area contributed by atoms with Crippen LogP contribution in [0.4, 0.5) is 16.0 Å². The summed E-state index contributed by atoms with van der Waals surface area (Å²) in [6.45, 7) is 6.15. The average Bonchev–Trinajstić information content (AvgIpc) is 3.68. The summed E-state index contributed by atoms with van der Waals surface area (Å²) in [4.78, 5) is 20.1. The van der Waals surface area contributed by atoms with Crippen LogP contribution in [-0.4, -0.2) is 50.2 Å². The van der Waals surface area contributed by atoms with Crippen LogP contribution in [0.2, 0.25) is 0 Å². The molecule has 38 heavy (non-hydrogen) atoms. The third-order valence-electron chi connectivity index (χ3n) is 6.98. The van der Waals surface area contributed by atoms with E-state index in [0.717, 1.165) is 49.1 Å². The molecule has 0 radical (unpaired) electrons. The predicted octanol–water partition coefficient (Wildman–Crippen LogP) is 5.13. The van der Waals surface area contributed by atoms with Gasteiger partial charge in [-0.05, 0) is 56.4 Å². The maximum Gasteiger partial charge on any atom is 0.326 e. The molecule has 0 bridgehead atoms. The Morgan fingerprint density at radius 1 is 1.16 bits per heavy atom. The molecule has 1 fully saturated rings. The van der Waals surface area contributed by atoms with Gasteiger partial charge in [0.05, 0.1) is 12.6 Å². The number of nitrogens with zero attached hydrogens (tertiary/aromatic N) is 7. The van der Waals surface area contributed by atoms with E-state index in [0.29, 0.717) is 35.6 Å². The van der Waals surface area contributed by atoms with Crippen LogP contribution >= 0.6 is 0 Å². The lowest BCUT2D eigenvalue weighted by Gasteiger charge is -2.32. The van der Waals surface area contributed by atoms with Gasteiger partial charge in [-0.2, -0.15) is 15.1 Å². The van der Waals surface area contributed by atoms with E-state index < -0.39 is 5.82 Å². The zero-order chi connectivity index (χ0) is 26.1. The van der Waals surface area contributed by atoms with E-state index in [2.05, 4.69) is 35.3 Å². The highest BCUT2D eigenvalue weighted by Crippen LogP contribution is 2.35. The molecule has 1 aliphatic carbocycles. The summed E-state index contributed by atoms with van der Waals surface area (Å²) in [5.41, 5.74) is 3.77. The smallest absolute Gasteiger partial charge is 0.326 e. The third-order valence-corrected chi connectivity index (χ3v) is 6.98. The summed E-state index contributed by atoms with van der Waals surface area (Å²) in [7, 11) is 0. The van der Waals surface area contributed by atoms with Gasteiger partial charge in [0.15, 0.2) is 11.6 Å². The van der Waals surface area contributed by atoms with Gasteiger partial charge in [-0.15, -0.1) is 0 Å². The van der Waals surface area contributed by atoms with E-state index in [4.69, 9.17) is 4.74 Å². The molecule has 2 aliphatic heterocycles. The average molecular weight is 513 g/mol. The van der Waals surface area contributed by atoms with E-state index in [1.807, 2.05) is 55.0 Å². The molecule has 1 saturated heterocycles. The van der Waals surface area contributed by atoms with E-state index in [1.165, 1.54) is 0 Å². The SMILES string of the molecule is C/C=C/C1=CC(Nc2cc(N3CCC(n4cncn4)CC3)nc(Oc3ccc4c(c3F)C=C(C)C4)n2)=NC1. The number of fused-ring (bicyclic) bond motifs is 1. The van der Waals surface area contributed by atoms with Gasteiger partial charge in [0.25, 0.3) is 0 Å². The van der Waals surface area contributed by atoms with Gasteiger partial charge in [-0.25, -0.2) is 14.1 Å². The Bertz CT molecular complexity index is 1470. The Balaban J connectivity index is 1.28. The highest BCUT2D eigenvalue weighted by Gasteiger charge is 2.24. The molecule has 6 rings (SSSR count). The number of rotatable bonds is 6. The lowest BCUT2D eigenvalue weighted by atomic mass is 10.1. The Kier molecular flexibility index (Phi) is 6.45. The Hall–Kier alpha value is -4.34. The molecule has 10 heteroatoms. The maximum absolute atomic E-state index is 15.3. The first kappa shape index (κ1) is 24.0. The molecule has 0 spiro atoms. The first-order chi connectivity index (χ1) is 18.6. The van der Waals surface area contributed by atoms with Gasteiger partial charge in [-0.3, -0.25) is 4.99 Å². The molecule has 1 N–H and O–H groups in total. The van der Waals surface area contributed by atoms with Crippen LogP contribution in [0.3, 0.4) is 0 Å². The fraction of sp³-hybridized carbons (Fsp3) is 0.321. The number of anilines is 2. The monoisotopic (exact) mass is 512 g/mol. The minimum Gasteiger partial charge on any atom is -0.421 e. The molecule has 1 aromatic carbocycles. The Labute approximate surface area is 220 Å². The number of hydrogen-bond donors (Lipinski definition) is 1. The molecule has 0 amide bonds. The first-order valence-corrected chi connectivity index (χ1v) is 12.8. The molecular weight excluding hydrogens is 483 g/mol. The van der Waals surface area contributed by atoms with Gasteiger partial charge in [0.2, 0.25) is 0 Å². The summed E-state index contributed by atoms with van der Waals surface area (Å²) in [6, 6.07) is 5.82. The van der Waals surface area contributed by atoms with Crippen molar-refractivity contribution in [2.75, 3.05) is 29.9 Å². The highest BCUT2D eigenvalue weighted by atomic mass is 19.1. The molecule has 9 nitrogen and oxygen atoms in total. The van der Waals surface area contributed by atoms with Crippen LogP contribution in [0.5, 0.6) is 11.8 Å². The largest absolute Gasteiger partial charge is 0.421 e. The van der Waals surface area contributed by atoms with E-state index in [9.17, 15) is 0 Å². The summed E-state index contributed by atoms with van der Waals surface area (Å²) >= 11 is 0. The number of halogens is 1. The third kappa shape index (κ3) is 4.93. The van der Waals surface area contributed by atoms with Crippen molar-refractivity contribution in [2.45, 2.75) is 39.2 Å². The van der Waals surface area contributed by atoms with Crippen LogP contribution in [0.1, 0.15) is 43.9 Å². The normalized spacial score (nSPS) is 17.4. The van der Waals surface area contributed by atoms with Crippen LogP contribution in [0.15, 0.2) is 65.2 Å². The molecule has 4 heterocycles. The molecule has 0 unspecified atom stereocenters. The van der Waals surface area contributed by atoms with Crippen molar-refractivity contribution in [1.82, 2.24) is 24.7 Å². The zero-order valence-electron chi connectivity index (χ0n) is 21.4. The molecule has 3 aromatic rings. The molecule has 2 aromatic heterocycles. The Morgan fingerprint density at radius 2 is 2.03 bits per heavy atom. The molecule has 3 aliphatic rings. The van der Waals surface area contributed by atoms with Gasteiger partial charge in [0.1, 0.15) is 30.1 Å². The summed E-state index contributed by atoms with van der Waals surface area (Å²) in [6.07, 6.45) is 13.8. The fourth-order valence-electron chi connectivity index (χ4n) is 5.11. The van der Waals surface area contributed by atoms with Crippen molar-refractivity contribution < 1.29 is 9.13 Å². The topological polar surface area (TPSA) is 93.4 Å². The minimum atomic E-state index is -0.393. The van der Waals surface area contributed by atoms with E-state index in [-0.39, 0.29) is 11.8 Å². The van der Waals surface area contributed by atoms with Crippen LogP contribution < -0.4 is 15.0 Å². The molecular formula is C28H29FN8O.